The van der Waals surface area contributed by atoms with Crippen molar-refractivity contribution in [3.05, 3.63) is 0 Å². The molecule has 2 heterocycles. The molecule has 2 saturated heterocycles. The van der Waals surface area contributed by atoms with Gasteiger partial charge in [-0.15, -0.1) is 0 Å². The molecule has 0 bridgehead atoms. The summed E-state index contributed by atoms with van der Waals surface area (Å²) in [7, 11) is 0. The number of rotatable bonds is 2. The van der Waals surface area contributed by atoms with Crippen molar-refractivity contribution in [2.24, 2.45) is 5.92 Å². The van der Waals surface area contributed by atoms with E-state index in [-0.39, 0.29) is 12.6 Å². The van der Waals surface area contributed by atoms with E-state index in [2.05, 4.69) is 4.90 Å². The zero-order chi connectivity index (χ0) is 14.9. The molecule has 20 heavy (non-hydrogen) atoms. The summed E-state index contributed by atoms with van der Waals surface area (Å²) in [5, 5.41) is 9.26. The minimum atomic E-state index is -0.830. The molecule has 1 amide bonds. The summed E-state index contributed by atoms with van der Waals surface area (Å²) in [4.78, 5) is 27.2. The summed E-state index contributed by atoms with van der Waals surface area (Å²) >= 11 is 0. The fraction of sp³-hybridized carbons (Fsp3) is 0.857. The number of carboxylic acids is 1. The second kappa shape index (κ2) is 5.60. The molecular weight excluding hydrogens is 260 g/mol. The Morgan fingerprint density at radius 3 is 2.30 bits per heavy atom. The summed E-state index contributed by atoms with van der Waals surface area (Å²) in [5.74, 6) is -1.33. The van der Waals surface area contributed by atoms with Crippen molar-refractivity contribution in [1.82, 2.24) is 9.80 Å². The zero-order valence-electron chi connectivity index (χ0n) is 12.5. The van der Waals surface area contributed by atoms with Crippen LogP contribution in [0.4, 0.5) is 4.79 Å². The van der Waals surface area contributed by atoms with Crippen molar-refractivity contribution < 1.29 is 19.4 Å². The SMILES string of the molecule is CC(C)(C)OC(=O)N1C[C@@H](C(=O)O)C[C@H](N2CCC2)C1. The molecule has 2 atom stereocenters. The first-order valence-corrected chi connectivity index (χ1v) is 7.21. The Labute approximate surface area is 119 Å². The quantitative estimate of drug-likeness (QED) is 0.830. The maximum absolute atomic E-state index is 12.1. The molecule has 6 nitrogen and oxygen atoms in total. The number of piperidine rings is 1. The number of nitrogens with zero attached hydrogens (tertiary/aromatic N) is 2. The molecule has 6 heteroatoms. The lowest BCUT2D eigenvalue weighted by Crippen LogP contribution is -2.57. The van der Waals surface area contributed by atoms with Crippen molar-refractivity contribution in [2.45, 2.75) is 45.3 Å². The maximum atomic E-state index is 12.1. The van der Waals surface area contributed by atoms with E-state index in [0.29, 0.717) is 13.0 Å². The fourth-order valence-electron chi connectivity index (χ4n) is 2.70. The van der Waals surface area contributed by atoms with Crippen LogP contribution >= 0.6 is 0 Å². The third-order valence-electron chi connectivity index (χ3n) is 3.84. The lowest BCUT2D eigenvalue weighted by Gasteiger charge is -2.45. The third kappa shape index (κ3) is 3.62. The van der Waals surface area contributed by atoms with E-state index in [0.717, 1.165) is 19.5 Å². The van der Waals surface area contributed by atoms with Gasteiger partial charge in [0.15, 0.2) is 0 Å². The average molecular weight is 284 g/mol. The first-order chi connectivity index (χ1) is 9.26. The predicted octanol–water partition coefficient (Wildman–Crippen LogP) is 1.40. The highest BCUT2D eigenvalue weighted by Gasteiger charge is 2.39. The van der Waals surface area contributed by atoms with Crippen LogP contribution in [-0.4, -0.2) is 64.8 Å². The molecule has 2 aliphatic rings. The van der Waals surface area contributed by atoms with Crippen molar-refractivity contribution >= 4 is 12.1 Å². The average Bonchev–Trinajstić information content (AvgIpc) is 2.23. The van der Waals surface area contributed by atoms with Gasteiger partial charge >= 0.3 is 12.1 Å². The zero-order valence-corrected chi connectivity index (χ0v) is 12.5. The van der Waals surface area contributed by atoms with Gasteiger partial charge in [-0.05, 0) is 46.7 Å². The number of ether oxygens (including phenoxy) is 1. The van der Waals surface area contributed by atoms with Crippen LogP contribution in [0.3, 0.4) is 0 Å². The minimum absolute atomic E-state index is 0.145. The fourth-order valence-corrected chi connectivity index (χ4v) is 2.70. The molecule has 2 rings (SSSR count). The van der Waals surface area contributed by atoms with Crippen LogP contribution in [0.5, 0.6) is 0 Å². The second-order valence-corrected chi connectivity index (χ2v) is 6.70. The van der Waals surface area contributed by atoms with Crippen LogP contribution < -0.4 is 0 Å². The van der Waals surface area contributed by atoms with E-state index >= 15 is 0 Å². The Morgan fingerprint density at radius 2 is 1.85 bits per heavy atom. The van der Waals surface area contributed by atoms with Crippen LogP contribution in [0.25, 0.3) is 0 Å². The Morgan fingerprint density at radius 1 is 1.20 bits per heavy atom. The highest BCUT2D eigenvalue weighted by molar-refractivity contribution is 5.73. The Hall–Kier alpha value is -1.30. The van der Waals surface area contributed by atoms with E-state index in [1.807, 2.05) is 20.8 Å². The Kier molecular flexibility index (Phi) is 4.22. The molecule has 0 spiro atoms. The summed E-state index contributed by atoms with van der Waals surface area (Å²) in [6.07, 6.45) is 1.36. The van der Waals surface area contributed by atoms with E-state index in [1.54, 1.807) is 4.90 Å². The number of hydrogen-bond acceptors (Lipinski definition) is 4. The van der Waals surface area contributed by atoms with Crippen molar-refractivity contribution in [3.8, 4) is 0 Å². The number of carbonyl (C=O) groups excluding carboxylic acids is 1. The lowest BCUT2D eigenvalue weighted by atomic mass is 9.92. The summed E-state index contributed by atoms with van der Waals surface area (Å²) in [6, 6.07) is 0.145. The van der Waals surface area contributed by atoms with Gasteiger partial charge in [0.05, 0.1) is 5.92 Å². The van der Waals surface area contributed by atoms with Crippen LogP contribution in [-0.2, 0) is 9.53 Å². The van der Waals surface area contributed by atoms with Crippen molar-refractivity contribution in [1.29, 1.82) is 0 Å². The van der Waals surface area contributed by atoms with Gasteiger partial charge in [-0.25, -0.2) is 4.79 Å². The van der Waals surface area contributed by atoms with Gasteiger partial charge in [-0.2, -0.15) is 0 Å². The summed E-state index contributed by atoms with van der Waals surface area (Å²) in [5.41, 5.74) is -0.556. The number of hydrogen-bond donors (Lipinski definition) is 1. The molecule has 0 aromatic carbocycles. The third-order valence-corrected chi connectivity index (χ3v) is 3.84. The van der Waals surface area contributed by atoms with Gasteiger partial charge in [0.25, 0.3) is 0 Å². The molecular formula is C14H24N2O4. The number of aliphatic carboxylic acids is 1. The highest BCUT2D eigenvalue weighted by atomic mass is 16.6. The van der Waals surface area contributed by atoms with E-state index in [4.69, 9.17) is 4.74 Å². The lowest BCUT2D eigenvalue weighted by molar-refractivity contribution is -0.144. The topological polar surface area (TPSA) is 70.1 Å². The normalized spacial score (nSPS) is 27.9. The molecule has 1 N–H and O–H groups in total. The number of amides is 1. The van der Waals surface area contributed by atoms with Crippen LogP contribution in [0.2, 0.25) is 0 Å². The predicted molar refractivity (Wildman–Crippen MR) is 73.5 cm³/mol. The van der Waals surface area contributed by atoms with Gasteiger partial charge < -0.3 is 14.7 Å². The van der Waals surface area contributed by atoms with Gasteiger partial charge in [0.2, 0.25) is 0 Å². The van der Waals surface area contributed by atoms with Crippen molar-refractivity contribution in [3.63, 3.8) is 0 Å². The Bertz CT molecular complexity index is 387. The van der Waals surface area contributed by atoms with E-state index in [1.165, 1.54) is 0 Å². The van der Waals surface area contributed by atoms with Gasteiger partial charge in [-0.1, -0.05) is 0 Å². The number of likely N-dealkylation sites (tertiary alicyclic amines) is 2. The summed E-state index contributed by atoms with van der Waals surface area (Å²) < 4.78 is 5.36. The smallest absolute Gasteiger partial charge is 0.410 e. The molecule has 0 radical (unpaired) electrons. The monoisotopic (exact) mass is 284 g/mol. The van der Waals surface area contributed by atoms with Crippen LogP contribution in [0.1, 0.15) is 33.6 Å². The van der Waals surface area contributed by atoms with Gasteiger partial charge in [0.1, 0.15) is 5.60 Å². The first kappa shape index (κ1) is 15.1. The molecule has 0 aliphatic carbocycles. The molecule has 0 saturated carbocycles. The molecule has 2 aliphatic heterocycles. The standard InChI is InChI=1S/C14H24N2O4/c1-14(2,3)20-13(19)16-8-10(12(17)18)7-11(9-16)15-5-4-6-15/h10-11H,4-9H2,1-3H3,(H,17,18)/t10-,11-/m0/s1. The van der Waals surface area contributed by atoms with Gasteiger partial charge in [0, 0.05) is 19.1 Å². The second-order valence-electron chi connectivity index (χ2n) is 6.70. The number of carboxylic acid groups (broad SMARTS) is 1. The largest absolute Gasteiger partial charge is 0.481 e. The summed E-state index contributed by atoms with van der Waals surface area (Å²) in [6.45, 7) is 8.26. The van der Waals surface area contributed by atoms with Crippen molar-refractivity contribution in [2.75, 3.05) is 26.2 Å². The van der Waals surface area contributed by atoms with E-state index in [9.17, 15) is 14.7 Å². The highest BCUT2D eigenvalue weighted by Crippen LogP contribution is 2.26. The van der Waals surface area contributed by atoms with E-state index < -0.39 is 23.6 Å². The molecule has 0 aromatic rings. The molecule has 114 valence electrons. The number of carbonyl (C=O) groups is 2. The Balaban J connectivity index is 2.03. The maximum Gasteiger partial charge on any atom is 0.410 e. The molecule has 0 aromatic heterocycles. The van der Waals surface area contributed by atoms with Crippen LogP contribution in [0, 0.1) is 5.92 Å². The molecule has 2 fully saturated rings. The minimum Gasteiger partial charge on any atom is -0.481 e. The first-order valence-electron chi connectivity index (χ1n) is 7.21. The molecule has 0 unspecified atom stereocenters. The van der Waals surface area contributed by atoms with Crippen LogP contribution in [0.15, 0.2) is 0 Å². The van der Waals surface area contributed by atoms with Gasteiger partial charge in [-0.3, -0.25) is 9.69 Å².